The fourth-order valence-corrected chi connectivity index (χ4v) is 2.57. The molecule has 1 aromatic rings. The normalized spacial score (nSPS) is 26.2. The Bertz CT molecular complexity index is 337. The third-order valence-corrected chi connectivity index (χ3v) is 3.22. The van der Waals surface area contributed by atoms with Gasteiger partial charge < -0.3 is 15.3 Å². The fourth-order valence-electron chi connectivity index (χ4n) is 2.15. The van der Waals surface area contributed by atoms with Gasteiger partial charge in [0.2, 0.25) is 0 Å². The van der Waals surface area contributed by atoms with Crippen molar-refractivity contribution in [2.45, 2.75) is 31.3 Å². The number of aliphatic hydroxyl groups is 1. The molecule has 3 N–H and O–H groups in total. The summed E-state index contributed by atoms with van der Waals surface area (Å²) >= 11 is 3.29. The van der Waals surface area contributed by atoms with Gasteiger partial charge in [0.1, 0.15) is 5.76 Å². The first kappa shape index (κ1) is 10.2. The Labute approximate surface area is 91.4 Å². The molecular formula is C10H14BrNO2. The molecule has 0 saturated carbocycles. The molecule has 0 saturated heterocycles. The van der Waals surface area contributed by atoms with Gasteiger partial charge in [-0.1, -0.05) is 0 Å². The van der Waals surface area contributed by atoms with Crippen molar-refractivity contribution in [3.8, 4) is 0 Å². The van der Waals surface area contributed by atoms with Crippen LogP contribution in [-0.4, -0.2) is 11.7 Å². The maximum Gasteiger partial charge on any atom is 0.169 e. The number of aryl methyl sites for hydroxylation is 1. The van der Waals surface area contributed by atoms with E-state index in [0.29, 0.717) is 17.6 Å². The van der Waals surface area contributed by atoms with E-state index in [4.69, 9.17) is 10.2 Å². The molecule has 3 nitrogen and oxygen atoms in total. The molecule has 78 valence electrons. The number of halogens is 1. The quantitative estimate of drug-likeness (QED) is 0.854. The summed E-state index contributed by atoms with van der Waals surface area (Å²) in [6, 6.07) is 1.87. The van der Waals surface area contributed by atoms with Crippen LogP contribution in [0.5, 0.6) is 0 Å². The standard InChI is InChI=1S/C10H14BrNO2/c11-9-6-7-8(14-9)2-1-3-10(7,13)4-5-12/h6,13H,1-5,12H2. The maximum absolute atomic E-state index is 10.4. The van der Waals surface area contributed by atoms with Crippen molar-refractivity contribution in [1.29, 1.82) is 0 Å². The number of hydrogen-bond acceptors (Lipinski definition) is 3. The molecule has 0 spiro atoms. The molecular weight excluding hydrogens is 246 g/mol. The molecule has 1 atom stereocenters. The molecule has 4 heteroatoms. The van der Waals surface area contributed by atoms with Crippen LogP contribution in [0.1, 0.15) is 30.6 Å². The highest BCUT2D eigenvalue weighted by molar-refractivity contribution is 9.10. The lowest BCUT2D eigenvalue weighted by atomic mass is 9.81. The largest absolute Gasteiger partial charge is 0.454 e. The molecule has 0 amide bonds. The predicted molar refractivity (Wildman–Crippen MR) is 56.9 cm³/mol. The van der Waals surface area contributed by atoms with Crippen molar-refractivity contribution >= 4 is 15.9 Å². The lowest BCUT2D eigenvalue weighted by Gasteiger charge is -2.31. The highest BCUT2D eigenvalue weighted by Crippen LogP contribution is 2.40. The maximum atomic E-state index is 10.4. The second-order valence-electron chi connectivity index (χ2n) is 3.81. The Balaban J connectivity index is 2.38. The van der Waals surface area contributed by atoms with Crippen LogP contribution in [-0.2, 0) is 12.0 Å². The molecule has 0 aliphatic heterocycles. The lowest BCUT2D eigenvalue weighted by Crippen LogP contribution is -2.32. The molecule has 0 radical (unpaired) electrons. The number of rotatable bonds is 2. The van der Waals surface area contributed by atoms with Crippen molar-refractivity contribution in [3.63, 3.8) is 0 Å². The van der Waals surface area contributed by atoms with Gasteiger partial charge in [0, 0.05) is 12.0 Å². The highest BCUT2D eigenvalue weighted by atomic mass is 79.9. The average Bonchev–Trinajstić information content (AvgIpc) is 2.48. The summed E-state index contributed by atoms with van der Waals surface area (Å²) in [6.07, 6.45) is 3.26. The average molecular weight is 260 g/mol. The predicted octanol–water partition coefficient (Wildman–Crippen LogP) is 1.91. The van der Waals surface area contributed by atoms with Crippen LogP contribution >= 0.6 is 15.9 Å². The zero-order valence-corrected chi connectivity index (χ0v) is 9.51. The van der Waals surface area contributed by atoms with Crippen molar-refractivity contribution in [2.75, 3.05) is 6.54 Å². The van der Waals surface area contributed by atoms with Crippen molar-refractivity contribution in [2.24, 2.45) is 5.73 Å². The lowest BCUT2D eigenvalue weighted by molar-refractivity contribution is 0.0104. The van der Waals surface area contributed by atoms with E-state index in [1.807, 2.05) is 6.07 Å². The topological polar surface area (TPSA) is 59.4 Å². The van der Waals surface area contributed by atoms with E-state index in [2.05, 4.69) is 15.9 Å². The van der Waals surface area contributed by atoms with Crippen molar-refractivity contribution in [3.05, 3.63) is 22.1 Å². The van der Waals surface area contributed by atoms with E-state index in [1.54, 1.807) is 0 Å². The van der Waals surface area contributed by atoms with Crippen LogP contribution in [0.25, 0.3) is 0 Å². The molecule has 1 unspecified atom stereocenters. The van der Waals surface area contributed by atoms with Gasteiger partial charge in [-0.3, -0.25) is 0 Å². The van der Waals surface area contributed by atoms with Gasteiger partial charge in [-0.25, -0.2) is 0 Å². The van der Waals surface area contributed by atoms with Crippen LogP contribution in [0.4, 0.5) is 0 Å². The Hall–Kier alpha value is -0.320. The van der Waals surface area contributed by atoms with Gasteiger partial charge in [-0.15, -0.1) is 0 Å². The second kappa shape index (κ2) is 3.68. The Morgan fingerprint density at radius 1 is 1.64 bits per heavy atom. The van der Waals surface area contributed by atoms with Gasteiger partial charge >= 0.3 is 0 Å². The van der Waals surface area contributed by atoms with Crippen molar-refractivity contribution < 1.29 is 9.52 Å². The first-order chi connectivity index (χ1) is 6.65. The molecule has 14 heavy (non-hydrogen) atoms. The van der Waals surface area contributed by atoms with Crippen molar-refractivity contribution in [1.82, 2.24) is 0 Å². The number of nitrogens with two attached hydrogens (primary N) is 1. The molecule has 1 heterocycles. The second-order valence-corrected chi connectivity index (χ2v) is 4.59. The first-order valence-electron chi connectivity index (χ1n) is 4.87. The Morgan fingerprint density at radius 3 is 3.14 bits per heavy atom. The minimum atomic E-state index is -0.766. The number of hydrogen-bond donors (Lipinski definition) is 2. The third kappa shape index (κ3) is 1.62. The number of furan rings is 1. The molecule has 0 fully saturated rings. The van der Waals surface area contributed by atoms with Crippen LogP contribution in [0.3, 0.4) is 0 Å². The fraction of sp³-hybridized carbons (Fsp3) is 0.600. The molecule has 1 aliphatic rings. The zero-order chi connectivity index (χ0) is 10.2. The first-order valence-corrected chi connectivity index (χ1v) is 5.66. The summed E-state index contributed by atoms with van der Waals surface area (Å²) in [5.41, 5.74) is 5.66. The summed E-state index contributed by atoms with van der Waals surface area (Å²) in [7, 11) is 0. The van der Waals surface area contributed by atoms with E-state index in [1.165, 1.54) is 0 Å². The minimum Gasteiger partial charge on any atom is -0.454 e. The molecule has 0 bridgehead atoms. The summed E-state index contributed by atoms with van der Waals surface area (Å²) in [4.78, 5) is 0. The summed E-state index contributed by atoms with van der Waals surface area (Å²) in [5, 5.41) is 10.4. The van der Waals surface area contributed by atoms with Crippen LogP contribution in [0.2, 0.25) is 0 Å². The Morgan fingerprint density at radius 2 is 2.43 bits per heavy atom. The summed E-state index contributed by atoms with van der Waals surface area (Å²) in [6.45, 7) is 0.499. The monoisotopic (exact) mass is 259 g/mol. The molecule has 1 aliphatic carbocycles. The minimum absolute atomic E-state index is 0.499. The highest BCUT2D eigenvalue weighted by Gasteiger charge is 2.36. The van der Waals surface area contributed by atoms with E-state index < -0.39 is 5.60 Å². The Kier molecular flexibility index (Phi) is 2.68. The molecule has 0 aromatic carbocycles. The smallest absolute Gasteiger partial charge is 0.169 e. The summed E-state index contributed by atoms with van der Waals surface area (Å²) < 4.78 is 6.16. The van der Waals surface area contributed by atoms with Gasteiger partial charge in [-0.05, 0) is 47.8 Å². The van der Waals surface area contributed by atoms with E-state index in [9.17, 15) is 5.11 Å². The van der Waals surface area contributed by atoms with Gasteiger partial charge in [0.25, 0.3) is 0 Å². The molecule has 2 rings (SSSR count). The van der Waals surface area contributed by atoms with E-state index in [0.717, 1.165) is 30.6 Å². The van der Waals surface area contributed by atoms with Gasteiger partial charge in [0.15, 0.2) is 4.67 Å². The van der Waals surface area contributed by atoms with Crippen LogP contribution in [0.15, 0.2) is 15.2 Å². The van der Waals surface area contributed by atoms with Gasteiger partial charge in [0.05, 0.1) is 5.60 Å². The van der Waals surface area contributed by atoms with E-state index in [-0.39, 0.29) is 0 Å². The van der Waals surface area contributed by atoms with Crippen LogP contribution < -0.4 is 5.73 Å². The summed E-state index contributed by atoms with van der Waals surface area (Å²) in [5.74, 6) is 0.902. The third-order valence-electron chi connectivity index (χ3n) is 2.83. The molecule has 1 aromatic heterocycles. The van der Waals surface area contributed by atoms with Crippen LogP contribution in [0, 0.1) is 0 Å². The van der Waals surface area contributed by atoms with Gasteiger partial charge in [-0.2, -0.15) is 0 Å². The SMILES string of the molecule is NCCC1(O)CCCc2oc(Br)cc21. The number of fused-ring (bicyclic) bond motifs is 1. The van der Waals surface area contributed by atoms with E-state index >= 15 is 0 Å². The zero-order valence-electron chi connectivity index (χ0n) is 7.92.